The van der Waals surface area contributed by atoms with Gasteiger partial charge >= 0.3 is 0 Å². The summed E-state index contributed by atoms with van der Waals surface area (Å²) in [5.74, 6) is 0.560. The van der Waals surface area contributed by atoms with Gasteiger partial charge in [-0.1, -0.05) is 24.3 Å². The third kappa shape index (κ3) is 2.40. The topological polar surface area (TPSA) is 116 Å². The van der Waals surface area contributed by atoms with E-state index in [1.807, 2.05) is 48.5 Å². The largest absolute Gasteiger partial charge is 0.383 e. The number of H-pyrrole nitrogens is 1. The molecule has 0 unspecified atom stereocenters. The van der Waals surface area contributed by atoms with Crippen LogP contribution in [0, 0.1) is 0 Å². The Morgan fingerprint density at radius 3 is 2.85 bits per heavy atom. The number of fused-ring (bicyclic) bond motifs is 2. The summed E-state index contributed by atoms with van der Waals surface area (Å²) in [5.41, 5.74) is 17.6. The number of carbonyl (C=O) groups excluding carboxylic acids is 1. The van der Waals surface area contributed by atoms with E-state index in [1.54, 1.807) is 4.68 Å². The van der Waals surface area contributed by atoms with Gasteiger partial charge in [0.25, 0.3) is 0 Å². The van der Waals surface area contributed by atoms with Crippen molar-refractivity contribution in [2.75, 3.05) is 11.5 Å². The Morgan fingerprint density at radius 2 is 2.00 bits per heavy atom. The van der Waals surface area contributed by atoms with Gasteiger partial charge in [-0.05, 0) is 35.4 Å². The maximum atomic E-state index is 13.0. The zero-order valence-corrected chi connectivity index (χ0v) is 14.3. The molecular weight excluding hydrogens is 340 g/mol. The summed E-state index contributed by atoms with van der Waals surface area (Å²) in [5, 5.41) is 4.32. The zero-order chi connectivity index (χ0) is 18.5. The van der Waals surface area contributed by atoms with Crippen molar-refractivity contribution >= 4 is 34.7 Å². The molecule has 0 radical (unpaired) electrons. The van der Waals surface area contributed by atoms with E-state index in [2.05, 4.69) is 15.1 Å². The number of aromatic amines is 1. The van der Waals surface area contributed by atoms with Crippen molar-refractivity contribution in [2.45, 2.75) is 6.42 Å². The Morgan fingerprint density at radius 1 is 1.15 bits per heavy atom. The Labute approximate surface area is 154 Å². The minimum absolute atomic E-state index is 0.0955. The molecule has 4 aromatic rings. The van der Waals surface area contributed by atoms with Crippen LogP contribution in [0.15, 0.2) is 54.2 Å². The first kappa shape index (κ1) is 15.4. The van der Waals surface area contributed by atoms with E-state index < -0.39 is 0 Å². The number of ketones is 1. The molecule has 0 bridgehead atoms. The number of nitrogen functional groups attached to an aromatic ring is 2. The van der Waals surface area contributed by atoms with Crippen LogP contribution in [0.2, 0.25) is 0 Å². The molecular formula is C20H16N6O. The van der Waals surface area contributed by atoms with Gasteiger partial charge < -0.3 is 16.5 Å². The Bertz CT molecular complexity index is 1250. The number of rotatable bonds is 3. The number of benzene rings is 2. The van der Waals surface area contributed by atoms with Crippen LogP contribution >= 0.6 is 0 Å². The lowest BCUT2D eigenvalue weighted by Crippen LogP contribution is -2.08. The Kier molecular flexibility index (Phi) is 3.17. The second-order valence-electron chi connectivity index (χ2n) is 6.55. The highest BCUT2D eigenvalue weighted by Gasteiger charge is 2.23. The van der Waals surface area contributed by atoms with E-state index in [-0.39, 0.29) is 5.78 Å². The number of imidazole rings is 1. The maximum Gasteiger partial charge on any atom is 0.198 e. The van der Waals surface area contributed by atoms with Gasteiger partial charge in [0.1, 0.15) is 5.82 Å². The Balaban J connectivity index is 1.50. The fraction of sp³-hybridized carbons (Fsp3) is 0.0500. The second-order valence-corrected chi connectivity index (χ2v) is 6.55. The monoisotopic (exact) mass is 356 g/mol. The van der Waals surface area contributed by atoms with Crippen molar-refractivity contribution in [1.29, 1.82) is 0 Å². The highest BCUT2D eigenvalue weighted by Crippen LogP contribution is 2.29. The van der Waals surface area contributed by atoms with Crippen LogP contribution in [0.25, 0.3) is 22.8 Å². The first-order valence-electron chi connectivity index (χ1n) is 8.52. The molecule has 2 aromatic carbocycles. The predicted octanol–water partition coefficient (Wildman–Crippen LogP) is 2.74. The summed E-state index contributed by atoms with van der Waals surface area (Å²) >= 11 is 0. The maximum absolute atomic E-state index is 13.0. The van der Waals surface area contributed by atoms with E-state index >= 15 is 0 Å². The Hall–Kier alpha value is -3.87. The highest BCUT2D eigenvalue weighted by molar-refractivity contribution is 6.15. The van der Waals surface area contributed by atoms with Crippen molar-refractivity contribution < 1.29 is 4.79 Å². The first-order chi connectivity index (χ1) is 13.1. The third-order valence-corrected chi connectivity index (χ3v) is 4.84. The van der Waals surface area contributed by atoms with Gasteiger partial charge in [-0.2, -0.15) is 5.10 Å². The molecule has 0 aliphatic heterocycles. The van der Waals surface area contributed by atoms with Gasteiger partial charge in [0.05, 0.1) is 28.5 Å². The number of hydrogen-bond donors (Lipinski definition) is 3. The van der Waals surface area contributed by atoms with E-state index in [0.717, 1.165) is 33.4 Å². The van der Waals surface area contributed by atoms with Crippen molar-refractivity contribution in [3.8, 4) is 5.69 Å². The smallest absolute Gasteiger partial charge is 0.198 e. The molecule has 5 N–H and O–H groups in total. The van der Waals surface area contributed by atoms with Crippen molar-refractivity contribution in [3.05, 3.63) is 70.9 Å². The van der Waals surface area contributed by atoms with Gasteiger partial charge in [-0.25, -0.2) is 9.67 Å². The fourth-order valence-corrected chi connectivity index (χ4v) is 3.49. The van der Waals surface area contributed by atoms with E-state index in [1.165, 1.54) is 6.20 Å². The lowest BCUT2D eigenvalue weighted by molar-refractivity contribution is 0.103. The quantitative estimate of drug-likeness (QED) is 0.488. The lowest BCUT2D eigenvalue weighted by atomic mass is 10.0. The number of Topliss-reactive ketones (excluding diaryl/α,β-unsaturated/α-hetero) is 1. The molecule has 0 atom stereocenters. The number of nitrogens with one attached hydrogen (secondary N) is 1. The van der Waals surface area contributed by atoms with Crippen LogP contribution in [0.4, 0.5) is 11.8 Å². The second kappa shape index (κ2) is 5.57. The van der Waals surface area contributed by atoms with Crippen molar-refractivity contribution in [2.24, 2.45) is 0 Å². The molecule has 0 spiro atoms. The standard InChI is InChI=1S/C20H16N6O/c21-19-15(18(27)13-7-11-3-1-2-4-12(11)8-13)10-23-26(19)14-5-6-16-17(9-14)25-20(22)24-16/h1-7,9-10H,8,21H2,(H3,22,24,25). The first-order valence-corrected chi connectivity index (χ1v) is 8.52. The summed E-state index contributed by atoms with van der Waals surface area (Å²) < 4.78 is 1.55. The molecule has 0 fully saturated rings. The number of anilines is 2. The summed E-state index contributed by atoms with van der Waals surface area (Å²) in [7, 11) is 0. The van der Waals surface area contributed by atoms with Crippen LogP contribution in [0.5, 0.6) is 0 Å². The lowest BCUT2D eigenvalue weighted by Gasteiger charge is -2.05. The minimum atomic E-state index is -0.0955. The van der Waals surface area contributed by atoms with Crippen LogP contribution < -0.4 is 11.5 Å². The van der Waals surface area contributed by atoms with Crippen LogP contribution in [0.3, 0.4) is 0 Å². The van der Waals surface area contributed by atoms with Gasteiger partial charge in [0.2, 0.25) is 0 Å². The average molecular weight is 356 g/mol. The van der Waals surface area contributed by atoms with Gasteiger partial charge in [-0.3, -0.25) is 4.79 Å². The van der Waals surface area contributed by atoms with Crippen molar-refractivity contribution in [3.63, 3.8) is 0 Å². The van der Waals surface area contributed by atoms with Crippen LogP contribution in [-0.4, -0.2) is 25.5 Å². The minimum Gasteiger partial charge on any atom is -0.383 e. The van der Waals surface area contributed by atoms with E-state index in [4.69, 9.17) is 11.5 Å². The van der Waals surface area contributed by atoms with E-state index in [0.29, 0.717) is 23.8 Å². The van der Waals surface area contributed by atoms with Gasteiger partial charge in [0.15, 0.2) is 11.7 Å². The molecule has 7 heteroatoms. The average Bonchev–Trinajstić information content (AvgIpc) is 3.35. The van der Waals surface area contributed by atoms with Crippen LogP contribution in [-0.2, 0) is 6.42 Å². The molecule has 1 aliphatic carbocycles. The van der Waals surface area contributed by atoms with Gasteiger partial charge in [0, 0.05) is 12.0 Å². The number of hydrogen-bond acceptors (Lipinski definition) is 5. The molecule has 7 nitrogen and oxygen atoms in total. The summed E-state index contributed by atoms with van der Waals surface area (Å²) in [4.78, 5) is 20.1. The molecule has 0 saturated carbocycles. The molecule has 2 heterocycles. The van der Waals surface area contributed by atoms with Crippen LogP contribution in [0.1, 0.15) is 21.5 Å². The summed E-state index contributed by atoms with van der Waals surface area (Å²) in [6.07, 6.45) is 4.06. The van der Waals surface area contributed by atoms with E-state index in [9.17, 15) is 4.79 Å². The summed E-state index contributed by atoms with van der Waals surface area (Å²) in [6.45, 7) is 0. The molecule has 0 amide bonds. The predicted molar refractivity (Wildman–Crippen MR) is 104 cm³/mol. The number of carbonyl (C=O) groups is 1. The normalized spacial score (nSPS) is 13.0. The SMILES string of the molecule is Nc1nc2ccc(-n3ncc(C(=O)C4=Cc5ccccc5C4)c3N)cc2[nH]1. The van der Waals surface area contributed by atoms with Gasteiger partial charge in [-0.15, -0.1) is 0 Å². The molecule has 0 saturated heterocycles. The molecule has 5 rings (SSSR count). The van der Waals surface area contributed by atoms with Crippen molar-refractivity contribution in [1.82, 2.24) is 19.7 Å². The third-order valence-electron chi connectivity index (χ3n) is 4.84. The number of nitrogens with two attached hydrogens (primary N) is 2. The molecule has 132 valence electrons. The zero-order valence-electron chi connectivity index (χ0n) is 14.3. The molecule has 27 heavy (non-hydrogen) atoms. The number of aromatic nitrogens is 4. The molecule has 2 aromatic heterocycles. The highest BCUT2D eigenvalue weighted by atomic mass is 16.1. The summed E-state index contributed by atoms with van der Waals surface area (Å²) in [6, 6.07) is 13.5. The molecule has 1 aliphatic rings. The fourth-order valence-electron chi connectivity index (χ4n) is 3.49. The number of nitrogens with zero attached hydrogens (tertiary/aromatic N) is 3. The number of allylic oxidation sites excluding steroid dienone is 1.